The molecule has 1 heterocycles. The molecule has 1 aliphatic rings. The van der Waals surface area contributed by atoms with Crippen LogP contribution in [0.2, 0.25) is 0 Å². The van der Waals surface area contributed by atoms with Crippen molar-refractivity contribution in [3.8, 4) is 5.88 Å². The molecule has 9 heteroatoms. The maximum absolute atomic E-state index is 10.7. The third-order valence-electron chi connectivity index (χ3n) is 2.90. The lowest BCUT2D eigenvalue weighted by Gasteiger charge is -2.13. The monoisotopic (exact) mass is 289 g/mol. The summed E-state index contributed by atoms with van der Waals surface area (Å²) in [4.78, 5) is 7.68. The van der Waals surface area contributed by atoms with Crippen molar-refractivity contribution in [3.63, 3.8) is 0 Å². The van der Waals surface area contributed by atoms with Gasteiger partial charge >= 0.3 is 10.3 Å². The molecule has 3 atom stereocenters. The summed E-state index contributed by atoms with van der Waals surface area (Å²) in [7, 11) is -3.98. The summed E-state index contributed by atoms with van der Waals surface area (Å²) < 4.78 is 31.4. The Morgan fingerprint density at radius 3 is 2.89 bits per heavy atom. The molecule has 1 aromatic rings. The van der Waals surface area contributed by atoms with Crippen molar-refractivity contribution < 1.29 is 22.4 Å². The molecule has 2 rings (SSSR count). The van der Waals surface area contributed by atoms with Crippen LogP contribution in [0, 0.1) is 5.92 Å². The van der Waals surface area contributed by atoms with Gasteiger partial charge in [-0.25, -0.2) is 15.1 Å². The van der Waals surface area contributed by atoms with Crippen molar-refractivity contribution in [1.82, 2.24) is 9.97 Å². The first-order valence-electron chi connectivity index (χ1n) is 5.72. The Morgan fingerprint density at radius 2 is 2.26 bits per heavy atom. The first-order valence-corrected chi connectivity index (χ1v) is 7.19. The van der Waals surface area contributed by atoms with Gasteiger partial charge in [0.2, 0.25) is 5.88 Å². The summed E-state index contributed by atoms with van der Waals surface area (Å²) in [5.74, 6) is 0.0883. The second-order valence-corrected chi connectivity index (χ2v) is 5.58. The van der Waals surface area contributed by atoms with E-state index in [1.165, 1.54) is 6.33 Å². The highest BCUT2D eigenvalue weighted by Crippen LogP contribution is 2.29. The summed E-state index contributed by atoms with van der Waals surface area (Å²) in [5.41, 5.74) is 0. The van der Waals surface area contributed by atoms with Gasteiger partial charge in [-0.2, -0.15) is 8.42 Å². The highest BCUT2D eigenvalue weighted by molar-refractivity contribution is 7.84. The van der Waals surface area contributed by atoms with Crippen LogP contribution in [0.1, 0.15) is 12.8 Å². The van der Waals surface area contributed by atoms with Gasteiger partial charge in [0.15, 0.2) is 0 Å². The fraction of sp³-hybridized carbons (Fsp3) is 0.600. The van der Waals surface area contributed by atoms with Gasteiger partial charge in [-0.05, 0) is 6.42 Å². The average Bonchev–Trinajstić information content (AvgIpc) is 2.67. The molecule has 0 bridgehead atoms. The molecule has 3 N–H and O–H groups in total. The first kappa shape index (κ1) is 14.1. The molecule has 0 radical (unpaired) electrons. The quantitative estimate of drug-likeness (QED) is 0.728. The second-order valence-electron chi connectivity index (χ2n) is 4.36. The first-order chi connectivity index (χ1) is 8.94. The molecular weight excluding hydrogens is 274 g/mol. The normalized spacial score (nSPS) is 27.4. The smallest absolute Gasteiger partial charge is 0.333 e. The van der Waals surface area contributed by atoms with Gasteiger partial charge in [0.25, 0.3) is 0 Å². The number of ether oxygens (including phenoxy) is 1. The Morgan fingerprint density at radius 1 is 1.47 bits per heavy atom. The summed E-state index contributed by atoms with van der Waals surface area (Å²) in [5, 5.41) is 14.5. The van der Waals surface area contributed by atoms with Crippen LogP contribution in [-0.4, -0.2) is 42.3 Å². The molecule has 1 saturated carbocycles. The van der Waals surface area contributed by atoms with E-state index in [4.69, 9.17) is 9.88 Å². The van der Waals surface area contributed by atoms with Gasteiger partial charge in [-0.3, -0.25) is 4.18 Å². The van der Waals surface area contributed by atoms with Gasteiger partial charge in [0.1, 0.15) is 12.4 Å². The summed E-state index contributed by atoms with van der Waals surface area (Å²) >= 11 is 0. The fourth-order valence-electron chi connectivity index (χ4n) is 2.03. The Labute approximate surface area is 110 Å². The largest absolute Gasteiger partial charge is 0.474 e. The molecule has 0 aliphatic heterocycles. The van der Waals surface area contributed by atoms with Gasteiger partial charge in [0, 0.05) is 24.6 Å². The number of aliphatic hydroxyl groups excluding tert-OH is 1. The van der Waals surface area contributed by atoms with Crippen LogP contribution >= 0.6 is 0 Å². The van der Waals surface area contributed by atoms with E-state index in [2.05, 4.69) is 14.2 Å². The third kappa shape index (κ3) is 4.39. The maximum atomic E-state index is 10.7. The number of aromatic nitrogens is 2. The predicted octanol–water partition coefficient (Wildman–Crippen LogP) is -0.785. The van der Waals surface area contributed by atoms with E-state index >= 15 is 0 Å². The van der Waals surface area contributed by atoms with Gasteiger partial charge in [0.05, 0.1) is 12.7 Å². The van der Waals surface area contributed by atoms with E-state index in [-0.39, 0.29) is 18.6 Å². The fourth-order valence-corrected chi connectivity index (χ4v) is 2.39. The highest BCUT2D eigenvalue weighted by Gasteiger charge is 2.35. The standard InChI is InChI=1S/C10H15N3O5S/c11-19(15,16)17-5-7-3-8(4-9(7)14)18-10-1-2-12-6-13-10/h1-2,6-9,14H,3-5H2,(H2,11,15,16)/t7-,8+,9-/m0/s1. The van der Waals surface area contributed by atoms with Gasteiger partial charge < -0.3 is 9.84 Å². The number of nitrogens with zero attached hydrogens (tertiary/aromatic N) is 2. The molecule has 1 aliphatic carbocycles. The number of nitrogens with two attached hydrogens (primary N) is 1. The summed E-state index contributed by atoms with van der Waals surface area (Å²) in [6.07, 6.45) is 2.86. The van der Waals surface area contributed by atoms with E-state index in [1.807, 2.05) is 0 Å². The molecular formula is C10H15N3O5S. The molecule has 0 amide bonds. The molecule has 1 fully saturated rings. The number of hydrogen-bond acceptors (Lipinski definition) is 7. The zero-order chi connectivity index (χ0) is 13.9. The van der Waals surface area contributed by atoms with Crippen molar-refractivity contribution in [2.24, 2.45) is 11.1 Å². The van der Waals surface area contributed by atoms with Crippen molar-refractivity contribution in [3.05, 3.63) is 18.6 Å². The number of aliphatic hydroxyl groups is 1. The number of hydrogen-bond donors (Lipinski definition) is 2. The molecule has 0 unspecified atom stereocenters. The lowest BCUT2D eigenvalue weighted by molar-refractivity contribution is 0.0986. The minimum absolute atomic E-state index is 0.149. The lowest BCUT2D eigenvalue weighted by atomic mass is 10.1. The van der Waals surface area contributed by atoms with E-state index in [1.54, 1.807) is 12.3 Å². The molecule has 106 valence electrons. The Kier molecular flexibility index (Phi) is 4.30. The molecule has 1 aromatic heterocycles. The van der Waals surface area contributed by atoms with E-state index in [0.29, 0.717) is 18.7 Å². The Hall–Kier alpha value is -1.29. The van der Waals surface area contributed by atoms with Crippen LogP contribution in [0.3, 0.4) is 0 Å². The Bertz CT molecular complexity index is 509. The van der Waals surface area contributed by atoms with Crippen LogP contribution in [0.4, 0.5) is 0 Å². The minimum Gasteiger partial charge on any atom is -0.474 e. The van der Waals surface area contributed by atoms with Crippen LogP contribution in [-0.2, 0) is 14.5 Å². The second kappa shape index (κ2) is 5.78. The molecule has 8 nitrogen and oxygen atoms in total. The lowest BCUT2D eigenvalue weighted by Crippen LogP contribution is -2.24. The van der Waals surface area contributed by atoms with Crippen molar-refractivity contribution in [2.45, 2.75) is 25.0 Å². The molecule has 19 heavy (non-hydrogen) atoms. The van der Waals surface area contributed by atoms with Crippen LogP contribution in [0.5, 0.6) is 5.88 Å². The molecule has 0 aromatic carbocycles. The summed E-state index contributed by atoms with van der Waals surface area (Å²) in [6.45, 7) is -0.149. The topological polar surface area (TPSA) is 125 Å². The molecule has 0 spiro atoms. The van der Waals surface area contributed by atoms with Crippen molar-refractivity contribution in [2.75, 3.05) is 6.61 Å². The van der Waals surface area contributed by atoms with E-state index in [9.17, 15) is 13.5 Å². The van der Waals surface area contributed by atoms with Gasteiger partial charge in [-0.15, -0.1) is 0 Å². The van der Waals surface area contributed by atoms with Crippen LogP contribution in [0.25, 0.3) is 0 Å². The molecule has 0 saturated heterocycles. The van der Waals surface area contributed by atoms with Gasteiger partial charge in [-0.1, -0.05) is 0 Å². The SMILES string of the molecule is NS(=O)(=O)OC[C@@H]1C[C@@H](Oc2ccncn2)C[C@@H]1O. The maximum Gasteiger partial charge on any atom is 0.333 e. The van der Waals surface area contributed by atoms with Crippen LogP contribution < -0.4 is 9.88 Å². The minimum atomic E-state index is -3.98. The zero-order valence-corrected chi connectivity index (χ0v) is 10.9. The average molecular weight is 289 g/mol. The van der Waals surface area contributed by atoms with Crippen molar-refractivity contribution in [1.29, 1.82) is 0 Å². The zero-order valence-electron chi connectivity index (χ0n) is 10.0. The number of rotatable bonds is 5. The predicted molar refractivity (Wildman–Crippen MR) is 64.2 cm³/mol. The third-order valence-corrected chi connectivity index (χ3v) is 3.37. The highest BCUT2D eigenvalue weighted by atomic mass is 32.2. The van der Waals surface area contributed by atoms with E-state index in [0.717, 1.165) is 0 Å². The Balaban J connectivity index is 1.87. The van der Waals surface area contributed by atoms with E-state index < -0.39 is 16.4 Å². The van der Waals surface area contributed by atoms with Crippen molar-refractivity contribution >= 4 is 10.3 Å². The van der Waals surface area contributed by atoms with Crippen LogP contribution in [0.15, 0.2) is 18.6 Å². The summed E-state index contributed by atoms with van der Waals surface area (Å²) in [6, 6.07) is 1.61.